The lowest BCUT2D eigenvalue weighted by atomic mass is 10.0. The van der Waals surface area contributed by atoms with Crippen LogP contribution in [0.25, 0.3) is 0 Å². The highest BCUT2D eigenvalue weighted by molar-refractivity contribution is 5.79. The van der Waals surface area contributed by atoms with Crippen molar-refractivity contribution < 1.29 is 19.1 Å². The smallest absolute Gasteiger partial charge is 0.407 e. The van der Waals surface area contributed by atoms with E-state index in [1.54, 1.807) is 7.11 Å². The van der Waals surface area contributed by atoms with E-state index in [2.05, 4.69) is 5.32 Å². The number of likely N-dealkylation sites (tertiary alicyclic amines) is 1. The molecule has 0 radical (unpaired) electrons. The molecule has 2 aromatic carbocycles. The van der Waals surface area contributed by atoms with Crippen molar-refractivity contribution >= 4 is 12.0 Å². The molecule has 0 aliphatic carbocycles. The van der Waals surface area contributed by atoms with E-state index in [-0.39, 0.29) is 18.6 Å². The molecule has 0 saturated carbocycles. The molecule has 3 rings (SSSR count). The summed E-state index contributed by atoms with van der Waals surface area (Å²) in [5.74, 6) is 0.887. The van der Waals surface area contributed by atoms with Gasteiger partial charge >= 0.3 is 6.09 Å². The van der Waals surface area contributed by atoms with Crippen LogP contribution in [0.2, 0.25) is 0 Å². The van der Waals surface area contributed by atoms with E-state index < -0.39 is 6.09 Å². The minimum Gasteiger partial charge on any atom is -0.497 e. The Morgan fingerprint density at radius 1 is 1.00 bits per heavy atom. The summed E-state index contributed by atoms with van der Waals surface area (Å²) in [4.78, 5) is 26.3. The van der Waals surface area contributed by atoms with Crippen molar-refractivity contribution in [3.63, 3.8) is 0 Å². The highest BCUT2D eigenvalue weighted by atomic mass is 16.5. The first kappa shape index (κ1) is 19.7. The van der Waals surface area contributed by atoms with E-state index in [0.717, 1.165) is 29.7 Å². The lowest BCUT2D eigenvalue weighted by Gasteiger charge is -2.32. The van der Waals surface area contributed by atoms with Gasteiger partial charge in [-0.05, 0) is 36.1 Å². The van der Waals surface area contributed by atoms with Gasteiger partial charge < -0.3 is 19.7 Å². The average molecular weight is 382 g/mol. The first-order valence-corrected chi connectivity index (χ1v) is 9.52. The number of hydrogen-bond donors (Lipinski definition) is 1. The molecule has 1 aliphatic heterocycles. The molecular formula is C22H26N2O4. The molecule has 1 saturated heterocycles. The maximum Gasteiger partial charge on any atom is 0.407 e. The van der Waals surface area contributed by atoms with Crippen molar-refractivity contribution in [3.8, 4) is 5.75 Å². The van der Waals surface area contributed by atoms with Gasteiger partial charge in [-0.2, -0.15) is 0 Å². The Morgan fingerprint density at radius 3 is 2.32 bits per heavy atom. The lowest BCUT2D eigenvalue weighted by Crippen LogP contribution is -2.47. The summed E-state index contributed by atoms with van der Waals surface area (Å²) in [6, 6.07) is 17.2. The summed E-state index contributed by atoms with van der Waals surface area (Å²) >= 11 is 0. The SMILES string of the molecule is COc1ccc(CC(=O)N2CCC(NC(=O)OCc3ccccc3)CC2)cc1. The van der Waals surface area contributed by atoms with Crippen LogP contribution in [0.3, 0.4) is 0 Å². The number of nitrogens with zero attached hydrogens (tertiary/aromatic N) is 1. The zero-order chi connectivity index (χ0) is 19.8. The molecule has 0 spiro atoms. The zero-order valence-corrected chi connectivity index (χ0v) is 16.1. The van der Waals surface area contributed by atoms with E-state index in [1.807, 2.05) is 59.5 Å². The Kier molecular flexibility index (Phi) is 6.89. The molecule has 0 atom stereocenters. The molecule has 1 aliphatic rings. The third kappa shape index (κ3) is 5.74. The second-order valence-corrected chi connectivity index (χ2v) is 6.89. The molecule has 2 amide bonds. The first-order valence-electron chi connectivity index (χ1n) is 9.52. The van der Waals surface area contributed by atoms with Gasteiger partial charge in [0.25, 0.3) is 0 Å². The number of alkyl carbamates (subject to hydrolysis) is 1. The fourth-order valence-electron chi connectivity index (χ4n) is 3.23. The number of piperidine rings is 1. The van der Waals surface area contributed by atoms with E-state index in [9.17, 15) is 9.59 Å². The van der Waals surface area contributed by atoms with Gasteiger partial charge in [-0.25, -0.2) is 4.79 Å². The number of hydrogen-bond acceptors (Lipinski definition) is 4. The van der Waals surface area contributed by atoms with Crippen LogP contribution in [0.15, 0.2) is 54.6 Å². The standard InChI is InChI=1S/C22H26N2O4/c1-27-20-9-7-17(8-10-20)15-21(25)24-13-11-19(12-14-24)23-22(26)28-16-18-5-3-2-4-6-18/h2-10,19H,11-16H2,1H3,(H,23,26). The number of rotatable bonds is 6. The molecule has 1 heterocycles. The Balaban J connectivity index is 1.38. The van der Waals surface area contributed by atoms with Crippen molar-refractivity contribution in [1.82, 2.24) is 10.2 Å². The van der Waals surface area contributed by atoms with Gasteiger partial charge in [0.1, 0.15) is 12.4 Å². The topological polar surface area (TPSA) is 67.9 Å². The van der Waals surface area contributed by atoms with Gasteiger partial charge in [-0.15, -0.1) is 0 Å². The molecule has 148 valence electrons. The number of benzene rings is 2. The van der Waals surface area contributed by atoms with E-state index >= 15 is 0 Å². The van der Waals surface area contributed by atoms with Crippen molar-refractivity contribution in [2.45, 2.75) is 31.9 Å². The predicted molar refractivity (Wildman–Crippen MR) is 106 cm³/mol. The van der Waals surface area contributed by atoms with E-state index in [1.165, 1.54) is 0 Å². The summed E-state index contributed by atoms with van der Waals surface area (Å²) in [5, 5.41) is 2.90. The van der Waals surface area contributed by atoms with Crippen LogP contribution >= 0.6 is 0 Å². The molecule has 6 heteroatoms. The second-order valence-electron chi connectivity index (χ2n) is 6.89. The number of amides is 2. The summed E-state index contributed by atoms with van der Waals surface area (Å²) in [6.07, 6.45) is 1.43. The van der Waals surface area contributed by atoms with Crippen LogP contribution in [0, 0.1) is 0 Å². The van der Waals surface area contributed by atoms with Crippen molar-refractivity contribution in [3.05, 3.63) is 65.7 Å². The van der Waals surface area contributed by atoms with Gasteiger partial charge in [0.05, 0.1) is 13.5 Å². The van der Waals surface area contributed by atoms with Crippen molar-refractivity contribution in [2.24, 2.45) is 0 Å². The van der Waals surface area contributed by atoms with Gasteiger partial charge in [0.2, 0.25) is 5.91 Å². The largest absolute Gasteiger partial charge is 0.497 e. The third-order valence-corrected chi connectivity index (χ3v) is 4.90. The maximum atomic E-state index is 12.5. The van der Waals surface area contributed by atoms with Crippen molar-refractivity contribution in [1.29, 1.82) is 0 Å². The summed E-state index contributed by atoms with van der Waals surface area (Å²) in [7, 11) is 1.62. The Morgan fingerprint density at radius 2 is 1.68 bits per heavy atom. The number of ether oxygens (including phenoxy) is 2. The first-order chi connectivity index (χ1) is 13.6. The average Bonchev–Trinajstić information content (AvgIpc) is 2.74. The molecular weight excluding hydrogens is 356 g/mol. The Labute approximate surface area is 165 Å². The van der Waals surface area contributed by atoms with Crippen LogP contribution < -0.4 is 10.1 Å². The second kappa shape index (κ2) is 9.78. The zero-order valence-electron chi connectivity index (χ0n) is 16.1. The number of carbonyl (C=O) groups excluding carboxylic acids is 2. The monoisotopic (exact) mass is 382 g/mol. The van der Waals surface area contributed by atoms with Gasteiger partial charge in [-0.1, -0.05) is 42.5 Å². The molecule has 0 bridgehead atoms. The molecule has 1 N–H and O–H groups in total. The van der Waals surface area contributed by atoms with Crippen LogP contribution in [0.5, 0.6) is 5.75 Å². The van der Waals surface area contributed by atoms with Gasteiger partial charge in [0.15, 0.2) is 0 Å². The summed E-state index contributed by atoms with van der Waals surface area (Å²) in [5.41, 5.74) is 1.92. The molecule has 0 aromatic heterocycles. The fourth-order valence-corrected chi connectivity index (χ4v) is 3.23. The minimum atomic E-state index is -0.410. The van der Waals surface area contributed by atoms with Gasteiger partial charge in [0, 0.05) is 19.1 Å². The molecule has 0 unspecified atom stereocenters. The molecule has 6 nitrogen and oxygen atoms in total. The van der Waals surface area contributed by atoms with Gasteiger partial charge in [-0.3, -0.25) is 4.79 Å². The molecule has 1 fully saturated rings. The minimum absolute atomic E-state index is 0.0355. The summed E-state index contributed by atoms with van der Waals surface area (Å²) < 4.78 is 10.4. The highest BCUT2D eigenvalue weighted by Gasteiger charge is 2.24. The summed E-state index contributed by atoms with van der Waals surface area (Å²) in [6.45, 7) is 1.53. The predicted octanol–water partition coefficient (Wildman–Crippen LogP) is 3.16. The van der Waals surface area contributed by atoms with Crippen LogP contribution in [0.1, 0.15) is 24.0 Å². The van der Waals surface area contributed by atoms with Crippen LogP contribution in [-0.4, -0.2) is 43.1 Å². The number of nitrogens with one attached hydrogen (secondary N) is 1. The van der Waals surface area contributed by atoms with E-state index in [0.29, 0.717) is 19.5 Å². The quantitative estimate of drug-likeness (QED) is 0.833. The fraction of sp³-hybridized carbons (Fsp3) is 0.364. The normalized spacial score (nSPS) is 14.4. The van der Waals surface area contributed by atoms with E-state index in [4.69, 9.17) is 9.47 Å². The highest BCUT2D eigenvalue weighted by Crippen LogP contribution is 2.15. The Bertz CT molecular complexity index is 769. The lowest BCUT2D eigenvalue weighted by molar-refractivity contribution is -0.131. The third-order valence-electron chi connectivity index (χ3n) is 4.90. The van der Waals surface area contributed by atoms with Crippen LogP contribution in [0.4, 0.5) is 4.79 Å². The number of methoxy groups -OCH3 is 1. The maximum absolute atomic E-state index is 12.5. The Hall–Kier alpha value is -3.02. The molecule has 28 heavy (non-hydrogen) atoms. The van der Waals surface area contributed by atoms with Crippen LogP contribution in [-0.2, 0) is 22.6 Å². The molecule has 2 aromatic rings. The van der Waals surface area contributed by atoms with Crippen molar-refractivity contribution in [2.75, 3.05) is 20.2 Å². The number of carbonyl (C=O) groups is 2.